The summed E-state index contributed by atoms with van der Waals surface area (Å²) in [4.78, 5) is 25.4. The summed E-state index contributed by atoms with van der Waals surface area (Å²) in [7, 11) is -11.0. The quantitative estimate of drug-likeness (QED) is 0.180. The minimum atomic E-state index is -4.61. The van der Waals surface area contributed by atoms with Crippen molar-refractivity contribution in [3.63, 3.8) is 0 Å². The highest BCUT2D eigenvalue weighted by Crippen LogP contribution is 2.40. The van der Waals surface area contributed by atoms with Gasteiger partial charge in [0.25, 0.3) is 0 Å². The van der Waals surface area contributed by atoms with E-state index >= 15 is 0 Å². The lowest BCUT2D eigenvalue weighted by Gasteiger charge is -2.32. The zero-order chi connectivity index (χ0) is 32.6. The molecule has 0 N–H and O–H groups in total. The summed E-state index contributed by atoms with van der Waals surface area (Å²) in [6, 6.07) is 21.5. The third kappa shape index (κ3) is 7.34. The molecule has 3 aromatic rings. The van der Waals surface area contributed by atoms with Gasteiger partial charge in [-0.2, -0.15) is 0 Å². The van der Waals surface area contributed by atoms with Crippen molar-refractivity contribution in [3.05, 3.63) is 114 Å². The van der Waals surface area contributed by atoms with Crippen LogP contribution in [0, 0.1) is 5.41 Å². The number of allylic oxidation sites excluding steroid dienone is 1. The van der Waals surface area contributed by atoms with Crippen molar-refractivity contribution in [2.45, 2.75) is 39.2 Å². The van der Waals surface area contributed by atoms with Crippen LogP contribution < -0.4 is 0 Å². The number of esters is 2. The number of carbonyl (C=O) groups is 2. The number of benzene rings is 3. The number of hydrogen-bond donors (Lipinski definition) is 0. The molecule has 0 saturated heterocycles. The van der Waals surface area contributed by atoms with Crippen LogP contribution in [-0.4, -0.2) is 56.7 Å². The number of sulfone groups is 3. The van der Waals surface area contributed by atoms with Crippen LogP contribution in [0.2, 0.25) is 0 Å². The van der Waals surface area contributed by atoms with Gasteiger partial charge in [-0.15, -0.1) is 0 Å². The third-order valence-corrected chi connectivity index (χ3v) is 12.6. The minimum Gasteiger partial charge on any atom is -0.468 e. The molecular formula is C31H32O10S3. The fourth-order valence-corrected chi connectivity index (χ4v) is 9.38. The average molecular weight is 661 g/mol. The topological polar surface area (TPSA) is 155 Å². The van der Waals surface area contributed by atoms with E-state index in [4.69, 9.17) is 9.47 Å². The molecule has 0 aliphatic carbocycles. The summed E-state index contributed by atoms with van der Waals surface area (Å²) in [6.07, 6.45) is -0.425. The number of ether oxygens (including phenoxy) is 2. The number of methoxy groups -OCH3 is 2. The van der Waals surface area contributed by atoms with Crippen LogP contribution in [0.3, 0.4) is 0 Å². The Morgan fingerprint density at radius 2 is 1.16 bits per heavy atom. The van der Waals surface area contributed by atoms with E-state index in [-0.39, 0.29) is 21.1 Å². The lowest BCUT2D eigenvalue weighted by Crippen LogP contribution is -2.46. The predicted octanol–water partition coefficient (Wildman–Crippen LogP) is 4.31. The molecule has 0 aromatic heterocycles. The van der Waals surface area contributed by atoms with E-state index in [0.29, 0.717) is 0 Å². The lowest BCUT2D eigenvalue weighted by molar-refractivity contribution is -0.170. The second kappa shape index (κ2) is 14.1. The highest BCUT2D eigenvalue weighted by Gasteiger charge is 2.53. The number of hydrogen-bond acceptors (Lipinski definition) is 10. The van der Waals surface area contributed by atoms with Gasteiger partial charge in [-0.3, -0.25) is 9.59 Å². The summed E-state index contributed by atoms with van der Waals surface area (Å²) in [5.41, 5.74) is -2.37. The Morgan fingerprint density at radius 3 is 1.61 bits per heavy atom. The standard InChI is InChI=1S/C31H32O10S3/c1-24(43(36,37)26-17-9-5-10-18-26)28(44(38,39)27-19-11-6-12-20-27)23-31(29(32)40-2,30(33)41-3)21-13-14-22-42(34,35)25-15-7-4-8-16-25/h4-12,14-20,22,28H,1,13,21,23H2,2-3H3/b22-14+. The normalized spacial score (nSPS) is 13.2. The predicted molar refractivity (Wildman–Crippen MR) is 163 cm³/mol. The van der Waals surface area contributed by atoms with Crippen molar-refractivity contribution >= 4 is 41.5 Å². The van der Waals surface area contributed by atoms with Crippen LogP contribution in [0.4, 0.5) is 0 Å². The highest BCUT2D eigenvalue weighted by molar-refractivity contribution is 7.98. The fraction of sp³-hybridized carbons (Fsp3) is 0.226. The number of rotatable bonds is 14. The smallest absolute Gasteiger partial charge is 0.323 e. The molecule has 1 unspecified atom stereocenters. The van der Waals surface area contributed by atoms with Crippen LogP contribution >= 0.6 is 0 Å². The molecule has 0 aliphatic heterocycles. The maximum Gasteiger partial charge on any atom is 0.323 e. The van der Waals surface area contributed by atoms with Gasteiger partial charge in [-0.25, -0.2) is 25.3 Å². The zero-order valence-electron chi connectivity index (χ0n) is 24.0. The highest BCUT2D eigenvalue weighted by atomic mass is 32.2. The van der Waals surface area contributed by atoms with Crippen molar-refractivity contribution in [1.29, 1.82) is 0 Å². The van der Waals surface area contributed by atoms with E-state index in [0.717, 1.165) is 19.6 Å². The van der Waals surface area contributed by atoms with Crippen LogP contribution in [0.5, 0.6) is 0 Å². The van der Waals surface area contributed by atoms with Crippen LogP contribution in [0.25, 0.3) is 0 Å². The molecule has 234 valence electrons. The molecule has 0 spiro atoms. The molecule has 0 bridgehead atoms. The Morgan fingerprint density at radius 1 is 0.727 bits per heavy atom. The van der Waals surface area contributed by atoms with E-state index in [2.05, 4.69) is 6.58 Å². The summed E-state index contributed by atoms with van der Waals surface area (Å²) in [5, 5.41) is -1.12. The van der Waals surface area contributed by atoms with E-state index < -0.39 is 69.9 Å². The van der Waals surface area contributed by atoms with Crippen LogP contribution in [0.1, 0.15) is 19.3 Å². The van der Waals surface area contributed by atoms with Crippen molar-refractivity contribution in [2.24, 2.45) is 5.41 Å². The Labute approximate surface area is 257 Å². The Kier molecular flexibility index (Phi) is 11.1. The van der Waals surface area contributed by atoms with Gasteiger partial charge in [0.1, 0.15) is 5.25 Å². The van der Waals surface area contributed by atoms with Gasteiger partial charge in [0.2, 0.25) is 9.84 Å². The molecule has 3 rings (SSSR count). The minimum absolute atomic E-state index is 0.0138. The van der Waals surface area contributed by atoms with E-state index in [1.54, 1.807) is 30.3 Å². The van der Waals surface area contributed by atoms with Crippen molar-refractivity contribution in [1.82, 2.24) is 0 Å². The molecule has 0 heterocycles. The fourth-order valence-electron chi connectivity index (χ4n) is 4.57. The van der Waals surface area contributed by atoms with Gasteiger partial charge < -0.3 is 9.47 Å². The molecule has 3 aromatic carbocycles. The first-order valence-corrected chi connectivity index (χ1v) is 17.7. The Balaban J connectivity index is 2.14. The first-order chi connectivity index (χ1) is 20.7. The maximum absolute atomic E-state index is 14.0. The SMILES string of the molecule is C=C(C(CC(CC/C=C/S(=O)(=O)c1ccccc1)(C(=O)OC)C(=O)OC)S(=O)(=O)c1ccccc1)S(=O)(=O)c1ccccc1. The zero-order valence-corrected chi connectivity index (χ0v) is 26.5. The molecule has 10 nitrogen and oxygen atoms in total. The van der Waals surface area contributed by atoms with Crippen LogP contribution in [0.15, 0.2) is 129 Å². The van der Waals surface area contributed by atoms with Gasteiger partial charge in [0, 0.05) is 5.41 Å². The van der Waals surface area contributed by atoms with Crippen molar-refractivity contribution in [2.75, 3.05) is 14.2 Å². The van der Waals surface area contributed by atoms with Gasteiger partial charge in [-0.1, -0.05) is 67.3 Å². The van der Waals surface area contributed by atoms with Gasteiger partial charge in [0.05, 0.1) is 33.8 Å². The lowest BCUT2D eigenvalue weighted by atomic mass is 9.78. The maximum atomic E-state index is 14.0. The largest absolute Gasteiger partial charge is 0.468 e. The summed E-state index contributed by atoms with van der Waals surface area (Å²) < 4.78 is 90.6. The van der Waals surface area contributed by atoms with E-state index in [9.17, 15) is 34.8 Å². The second-order valence-electron chi connectivity index (χ2n) is 9.67. The van der Waals surface area contributed by atoms with Gasteiger partial charge >= 0.3 is 11.9 Å². The third-order valence-electron chi connectivity index (χ3n) is 6.98. The van der Waals surface area contributed by atoms with Crippen LogP contribution in [-0.2, 0) is 48.6 Å². The van der Waals surface area contributed by atoms with Crippen molar-refractivity contribution < 1.29 is 44.3 Å². The van der Waals surface area contributed by atoms with E-state index in [1.807, 2.05) is 0 Å². The molecular weight excluding hydrogens is 629 g/mol. The summed E-state index contributed by atoms with van der Waals surface area (Å²) in [6.45, 7) is 3.65. The summed E-state index contributed by atoms with van der Waals surface area (Å²) in [5.74, 6) is -2.39. The Hall–Kier alpha value is -4.07. The first-order valence-electron chi connectivity index (χ1n) is 13.2. The molecule has 44 heavy (non-hydrogen) atoms. The summed E-state index contributed by atoms with van der Waals surface area (Å²) >= 11 is 0. The monoisotopic (exact) mass is 660 g/mol. The average Bonchev–Trinajstić information content (AvgIpc) is 3.04. The van der Waals surface area contributed by atoms with Gasteiger partial charge in [-0.05, 0) is 55.7 Å². The van der Waals surface area contributed by atoms with Gasteiger partial charge in [0.15, 0.2) is 25.1 Å². The molecule has 0 amide bonds. The Bertz CT molecular complexity index is 1820. The molecule has 13 heteroatoms. The molecule has 0 radical (unpaired) electrons. The number of carbonyl (C=O) groups excluding carboxylic acids is 2. The molecule has 1 atom stereocenters. The second-order valence-corrected chi connectivity index (χ2v) is 15.6. The molecule has 0 saturated carbocycles. The molecule has 0 fully saturated rings. The molecule has 0 aliphatic rings. The first kappa shape index (κ1) is 34.4. The van der Waals surface area contributed by atoms with E-state index in [1.165, 1.54) is 66.7 Å². The van der Waals surface area contributed by atoms with Crippen molar-refractivity contribution in [3.8, 4) is 0 Å².